The molecule has 1 heterocycles. The van der Waals surface area contributed by atoms with Gasteiger partial charge in [0, 0.05) is 6.07 Å². The third kappa shape index (κ3) is 1.69. The first-order chi connectivity index (χ1) is 9.14. The molecular weight excluding hydrogens is 240 g/mol. The fourth-order valence-electron chi connectivity index (χ4n) is 5.31. The van der Waals surface area contributed by atoms with Crippen molar-refractivity contribution in [1.82, 2.24) is 4.98 Å². The Morgan fingerprint density at radius 2 is 1.74 bits per heavy atom. The van der Waals surface area contributed by atoms with Gasteiger partial charge in [0.2, 0.25) is 0 Å². The molecule has 4 saturated carbocycles. The highest BCUT2D eigenvalue weighted by Crippen LogP contribution is 2.60. The number of aromatic nitrogens is 1. The number of hydrogen-bond donors (Lipinski definition) is 0. The lowest BCUT2D eigenvalue weighted by Gasteiger charge is -2.57. The van der Waals surface area contributed by atoms with Crippen molar-refractivity contribution in [3.05, 3.63) is 34.0 Å². The van der Waals surface area contributed by atoms with Crippen LogP contribution in [0.25, 0.3) is 0 Å². The van der Waals surface area contributed by atoms with E-state index in [2.05, 4.69) is 4.98 Å². The van der Waals surface area contributed by atoms with Crippen molar-refractivity contribution < 1.29 is 4.92 Å². The summed E-state index contributed by atoms with van der Waals surface area (Å²) in [5, 5.41) is 10.9. The predicted molar refractivity (Wildman–Crippen MR) is 70.7 cm³/mol. The molecule has 4 aliphatic carbocycles. The van der Waals surface area contributed by atoms with Gasteiger partial charge in [-0.3, -0.25) is 0 Å². The molecule has 0 saturated heterocycles. The second-order valence-corrected chi connectivity index (χ2v) is 6.86. The summed E-state index contributed by atoms with van der Waals surface area (Å²) in [4.78, 5) is 14.4. The summed E-state index contributed by atoms with van der Waals surface area (Å²) in [6.07, 6.45) is 9.51. The molecule has 1 aromatic rings. The molecule has 0 spiro atoms. The Morgan fingerprint density at radius 1 is 1.16 bits per heavy atom. The van der Waals surface area contributed by atoms with Crippen LogP contribution in [0.1, 0.15) is 44.1 Å². The van der Waals surface area contributed by atoms with E-state index in [1.165, 1.54) is 44.1 Å². The molecule has 0 aliphatic heterocycles. The standard InChI is InChI=1S/C15H18N2O2/c18-17(19)14-6-13(1-2-16-14)15-7-10-3-11(8-15)5-12(4-10)9-15/h1-2,6,10-12H,3-5,7-9H2. The summed E-state index contributed by atoms with van der Waals surface area (Å²) in [5.74, 6) is 2.59. The van der Waals surface area contributed by atoms with Crippen LogP contribution in [0.3, 0.4) is 0 Å². The molecule has 4 heteroatoms. The molecule has 0 N–H and O–H groups in total. The van der Waals surface area contributed by atoms with Crippen LogP contribution < -0.4 is 0 Å². The molecule has 5 rings (SSSR count). The van der Waals surface area contributed by atoms with Crippen molar-refractivity contribution >= 4 is 5.82 Å². The topological polar surface area (TPSA) is 56.0 Å². The predicted octanol–water partition coefficient (Wildman–Crippen LogP) is 3.46. The van der Waals surface area contributed by atoms with Gasteiger partial charge in [-0.15, -0.1) is 0 Å². The summed E-state index contributed by atoms with van der Waals surface area (Å²) in [7, 11) is 0. The first-order valence-electron chi connectivity index (χ1n) is 7.25. The van der Waals surface area contributed by atoms with E-state index in [0.29, 0.717) is 0 Å². The number of hydrogen-bond acceptors (Lipinski definition) is 3. The van der Waals surface area contributed by atoms with Gasteiger partial charge in [-0.05, 0) is 83.2 Å². The largest absolute Gasteiger partial charge is 0.363 e. The smallest absolute Gasteiger partial charge is 0.358 e. The molecule has 0 aromatic carbocycles. The van der Waals surface area contributed by atoms with Crippen LogP contribution in [0.5, 0.6) is 0 Å². The van der Waals surface area contributed by atoms with Crippen LogP contribution in [0, 0.1) is 27.9 Å². The molecule has 0 atom stereocenters. The minimum atomic E-state index is -0.371. The number of rotatable bonds is 2. The van der Waals surface area contributed by atoms with Crippen LogP contribution in [0.4, 0.5) is 5.82 Å². The first-order valence-corrected chi connectivity index (χ1v) is 7.25. The highest BCUT2D eigenvalue weighted by molar-refractivity contribution is 5.34. The highest BCUT2D eigenvalue weighted by Gasteiger charge is 2.51. The zero-order valence-corrected chi connectivity index (χ0v) is 10.9. The van der Waals surface area contributed by atoms with Crippen LogP contribution in [-0.4, -0.2) is 9.91 Å². The van der Waals surface area contributed by atoms with Crippen molar-refractivity contribution in [3.8, 4) is 0 Å². The second-order valence-electron chi connectivity index (χ2n) is 6.86. The molecule has 4 bridgehead atoms. The van der Waals surface area contributed by atoms with Crippen molar-refractivity contribution in [2.24, 2.45) is 17.8 Å². The molecule has 4 fully saturated rings. The molecular formula is C15H18N2O2. The quantitative estimate of drug-likeness (QED) is 0.603. The van der Waals surface area contributed by atoms with Crippen LogP contribution >= 0.6 is 0 Å². The molecule has 4 nitrogen and oxygen atoms in total. The summed E-state index contributed by atoms with van der Waals surface area (Å²) in [5.41, 5.74) is 1.40. The lowest BCUT2D eigenvalue weighted by Crippen LogP contribution is -2.48. The lowest BCUT2D eigenvalue weighted by molar-refractivity contribution is -0.389. The summed E-state index contributed by atoms with van der Waals surface area (Å²) < 4.78 is 0. The van der Waals surface area contributed by atoms with E-state index in [-0.39, 0.29) is 16.2 Å². The van der Waals surface area contributed by atoms with E-state index in [9.17, 15) is 10.1 Å². The summed E-state index contributed by atoms with van der Waals surface area (Å²) in [6.45, 7) is 0. The van der Waals surface area contributed by atoms with E-state index >= 15 is 0 Å². The zero-order chi connectivity index (χ0) is 13.0. The van der Waals surface area contributed by atoms with Gasteiger partial charge in [0.05, 0.1) is 0 Å². The Balaban J connectivity index is 1.75. The van der Waals surface area contributed by atoms with Gasteiger partial charge in [-0.25, -0.2) is 0 Å². The second kappa shape index (κ2) is 3.78. The molecule has 100 valence electrons. The maximum atomic E-state index is 10.9. The average Bonchev–Trinajstić information content (AvgIpc) is 2.37. The van der Waals surface area contributed by atoms with E-state index in [1.807, 2.05) is 6.07 Å². The highest BCUT2D eigenvalue weighted by atomic mass is 16.6. The molecule has 0 amide bonds. The van der Waals surface area contributed by atoms with Crippen molar-refractivity contribution in [2.45, 2.75) is 43.9 Å². The van der Waals surface area contributed by atoms with Gasteiger partial charge < -0.3 is 10.1 Å². The number of pyridine rings is 1. The Labute approximate surface area is 112 Å². The first kappa shape index (κ1) is 11.4. The number of nitro groups is 1. The fraction of sp³-hybridized carbons (Fsp3) is 0.667. The monoisotopic (exact) mass is 258 g/mol. The van der Waals surface area contributed by atoms with E-state index in [4.69, 9.17) is 0 Å². The van der Waals surface area contributed by atoms with Crippen LogP contribution in [0.15, 0.2) is 18.3 Å². The molecule has 19 heavy (non-hydrogen) atoms. The Bertz CT molecular complexity index is 505. The summed E-state index contributed by atoms with van der Waals surface area (Å²) in [6, 6.07) is 3.74. The van der Waals surface area contributed by atoms with E-state index in [1.54, 1.807) is 12.3 Å². The van der Waals surface area contributed by atoms with Crippen LogP contribution in [-0.2, 0) is 5.41 Å². The fourth-order valence-corrected chi connectivity index (χ4v) is 5.31. The van der Waals surface area contributed by atoms with Gasteiger partial charge >= 0.3 is 5.82 Å². The van der Waals surface area contributed by atoms with Crippen molar-refractivity contribution in [3.63, 3.8) is 0 Å². The normalized spacial score (nSPS) is 39.5. The third-order valence-corrected chi connectivity index (χ3v) is 5.58. The van der Waals surface area contributed by atoms with Crippen molar-refractivity contribution in [2.75, 3.05) is 0 Å². The average molecular weight is 258 g/mol. The molecule has 0 radical (unpaired) electrons. The summed E-state index contributed by atoms with van der Waals surface area (Å²) >= 11 is 0. The van der Waals surface area contributed by atoms with Gasteiger partial charge in [0.25, 0.3) is 0 Å². The zero-order valence-electron chi connectivity index (χ0n) is 10.9. The Kier molecular flexibility index (Phi) is 2.26. The van der Waals surface area contributed by atoms with E-state index < -0.39 is 0 Å². The van der Waals surface area contributed by atoms with Gasteiger partial charge in [-0.1, -0.05) is 0 Å². The van der Waals surface area contributed by atoms with Gasteiger partial charge in [-0.2, -0.15) is 0 Å². The minimum Gasteiger partial charge on any atom is -0.358 e. The third-order valence-electron chi connectivity index (χ3n) is 5.58. The Hall–Kier alpha value is -1.45. The van der Waals surface area contributed by atoms with Gasteiger partial charge in [0.1, 0.15) is 6.20 Å². The molecule has 4 aliphatic rings. The maximum absolute atomic E-state index is 10.9. The SMILES string of the molecule is O=[N+]([O-])c1cc(C23CC4CC(CC(C4)C2)C3)ccn1. The minimum absolute atomic E-state index is 0.00763. The molecule has 0 unspecified atom stereocenters. The Morgan fingerprint density at radius 3 is 2.26 bits per heavy atom. The van der Waals surface area contributed by atoms with Crippen LogP contribution in [0.2, 0.25) is 0 Å². The molecule has 1 aromatic heterocycles. The number of nitrogens with zero attached hydrogens (tertiary/aromatic N) is 2. The maximum Gasteiger partial charge on any atom is 0.363 e. The van der Waals surface area contributed by atoms with Gasteiger partial charge in [0.15, 0.2) is 0 Å². The van der Waals surface area contributed by atoms with Crippen molar-refractivity contribution in [1.29, 1.82) is 0 Å². The lowest BCUT2D eigenvalue weighted by atomic mass is 9.48. The van der Waals surface area contributed by atoms with E-state index in [0.717, 1.165) is 17.8 Å².